The maximum Gasteiger partial charge on any atom is 0.333 e. The summed E-state index contributed by atoms with van der Waals surface area (Å²) in [5.74, 6) is -0.315. The van der Waals surface area contributed by atoms with Gasteiger partial charge in [-0.25, -0.2) is 22.8 Å². The number of halogens is 1. The summed E-state index contributed by atoms with van der Waals surface area (Å²) >= 11 is 6.75. The summed E-state index contributed by atoms with van der Waals surface area (Å²) in [6.07, 6.45) is 0.0325. The smallest absolute Gasteiger partial charge is 0.333 e. The number of rotatable bonds is 5. The highest BCUT2D eigenvalue weighted by atomic mass is 35.5. The molecule has 1 aromatic heterocycles. The van der Waals surface area contributed by atoms with E-state index in [1.807, 2.05) is 4.72 Å². The second-order valence-electron chi connectivity index (χ2n) is 7.36. The normalized spacial score (nSPS) is 13.4. The van der Waals surface area contributed by atoms with Crippen LogP contribution in [0.25, 0.3) is 0 Å². The van der Waals surface area contributed by atoms with Gasteiger partial charge in [-0.3, -0.25) is 9.59 Å². The quantitative estimate of drug-likeness (QED) is 0.492. The summed E-state index contributed by atoms with van der Waals surface area (Å²) in [7, 11) is -2.58. The Morgan fingerprint density at radius 2 is 1.82 bits per heavy atom. The minimum absolute atomic E-state index is 0.0325. The summed E-state index contributed by atoms with van der Waals surface area (Å²) in [6.45, 7) is 1.66. The first kappa shape index (κ1) is 23.7. The SMILES string of the molecule is COc1ccc2c(c1)CC(=O)N(c1ccc(NC(=O)NS(=O)(=O)c3cc(C)c(Cl)s3)cc1)C2=O. The van der Waals surface area contributed by atoms with Gasteiger partial charge in [-0.2, -0.15) is 0 Å². The Balaban J connectivity index is 1.47. The third-order valence-corrected chi connectivity index (χ3v) is 8.41. The predicted octanol–water partition coefficient (Wildman–Crippen LogP) is 3.96. The number of carbonyl (C=O) groups excluding carboxylic acids is 3. The van der Waals surface area contributed by atoms with Crippen molar-refractivity contribution in [3.05, 3.63) is 69.6 Å². The third-order valence-electron chi connectivity index (χ3n) is 5.05. The zero-order valence-electron chi connectivity index (χ0n) is 17.9. The van der Waals surface area contributed by atoms with Crippen LogP contribution in [-0.4, -0.2) is 33.4 Å². The molecule has 0 atom stereocenters. The van der Waals surface area contributed by atoms with Gasteiger partial charge in [-0.05, 0) is 66.6 Å². The van der Waals surface area contributed by atoms with Crippen LogP contribution in [0.4, 0.5) is 16.2 Å². The highest BCUT2D eigenvalue weighted by Gasteiger charge is 2.32. The molecule has 0 saturated carbocycles. The van der Waals surface area contributed by atoms with Crippen molar-refractivity contribution in [1.29, 1.82) is 0 Å². The number of urea groups is 1. The first-order chi connectivity index (χ1) is 16.1. The Hall–Kier alpha value is -3.41. The van der Waals surface area contributed by atoms with Crippen LogP contribution in [0.1, 0.15) is 21.5 Å². The van der Waals surface area contributed by atoms with Crippen molar-refractivity contribution in [2.24, 2.45) is 0 Å². The van der Waals surface area contributed by atoms with Crippen molar-refractivity contribution in [2.45, 2.75) is 17.6 Å². The van der Waals surface area contributed by atoms with Gasteiger partial charge >= 0.3 is 6.03 Å². The molecule has 3 aromatic rings. The van der Waals surface area contributed by atoms with Gasteiger partial charge < -0.3 is 10.1 Å². The molecule has 4 amide bonds. The molecule has 0 spiro atoms. The van der Waals surface area contributed by atoms with Crippen molar-refractivity contribution in [3.63, 3.8) is 0 Å². The molecule has 1 aliphatic rings. The number of fused-ring (bicyclic) bond motifs is 1. The van der Waals surface area contributed by atoms with E-state index < -0.39 is 27.9 Å². The van der Waals surface area contributed by atoms with Gasteiger partial charge in [-0.1, -0.05) is 11.6 Å². The average Bonchev–Trinajstić information content (AvgIpc) is 3.13. The number of sulfonamides is 1. The van der Waals surface area contributed by atoms with E-state index >= 15 is 0 Å². The number of ether oxygens (including phenoxy) is 1. The molecule has 1 aliphatic heterocycles. The number of hydrogen-bond acceptors (Lipinski definition) is 7. The van der Waals surface area contributed by atoms with Crippen LogP contribution in [0.3, 0.4) is 0 Å². The number of nitrogens with one attached hydrogen (secondary N) is 2. The maximum atomic E-state index is 12.9. The molecule has 12 heteroatoms. The van der Waals surface area contributed by atoms with Gasteiger partial charge in [0.15, 0.2) is 0 Å². The molecular weight excluding hydrogens is 502 g/mol. The summed E-state index contributed by atoms with van der Waals surface area (Å²) in [4.78, 5) is 38.8. The van der Waals surface area contributed by atoms with Crippen molar-refractivity contribution in [3.8, 4) is 5.75 Å². The molecule has 34 heavy (non-hydrogen) atoms. The Kier molecular flexibility index (Phi) is 6.34. The molecule has 0 radical (unpaired) electrons. The lowest BCUT2D eigenvalue weighted by Gasteiger charge is -2.27. The van der Waals surface area contributed by atoms with Crippen LogP contribution in [0, 0.1) is 6.92 Å². The largest absolute Gasteiger partial charge is 0.497 e. The Labute approximate surface area is 204 Å². The fraction of sp³-hybridized carbons (Fsp3) is 0.136. The maximum absolute atomic E-state index is 12.9. The molecule has 2 aromatic carbocycles. The lowest BCUT2D eigenvalue weighted by atomic mass is 9.97. The minimum atomic E-state index is -4.09. The summed E-state index contributed by atoms with van der Waals surface area (Å²) in [5.41, 5.74) is 2.16. The monoisotopic (exact) mass is 519 g/mol. The standard InChI is InChI=1S/C22H18ClN3O6S2/c1-12-9-19(33-20(12)23)34(30,31)25-22(29)24-14-3-5-15(6-4-14)26-18(27)11-13-10-16(32-2)7-8-17(13)21(26)28/h3-10H,11H2,1-2H3,(H2,24,25,29). The van der Waals surface area contributed by atoms with Crippen LogP contribution < -0.4 is 19.7 Å². The molecule has 2 N–H and O–H groups in total. The van der Waals surface area contributed by atoms with Crippen molar-refractivity contribution in [1.82, 2.24) is 4.72 Å². The molecule has 0 unspecified atom stereocenters. The van der Waals surface area contributed by atoms with Gasteiger partial charge in [-0.15, -0.1) is 11.3 Å². The predicted molar refractivity (Wildman–Crippen MR) is 128 cm³/mol. The third kappa shape index (κ3) is 4.63. The highest BCUT2D eigenvalue weighted by Crippen LogP contribution is 2.31. The fourth-order valence-electron chi connectivity index (χ4n) is 3.38. The summed E-state index contributed by atoms with van der Waals surface area (Å²) in [6, 6.07) is 11.2. The first-order valence-corrected chi connectivity index (χ1v) is 12.5. The Morgan fingerprint density at radius 1 is 1.12 bits per heavy atom. The van der Waals surface area contributed by atoms with Gasteiger partial charge in [0.05, 0.1) is 23.6 Å². The number of nitrogens with zero attached hydrogens (tertiary/aromatic N) is 1. The van der Waals surface area contributed by atoms with E-state index in [1.54, 1.807) is 25.1 Å². The van der Waals surface area contributed by atoms with Crippen LogP contribution in [0.2, 0.25) is 4.34 Å². The zero-order valence-corrected chi connectivity index (χ0v) is 20.3. The van der Waals surface area contributed by atoms with Crippen molar-refractivity contribution in [2.75, 3.05) is 17.3 Å². The van der Waals surface area contributed by atoms with Gasteiger partial charge in [0.25, 0.3) is 15.9 Å². The number of carbonyl (C=O) groups is 3. The number of imide groups is 1. The lowest BCUT2D eigenvalue weighted by Crippen LogP contribution is -2.42. The van der Waals surface area contributed by atoms with E-state index in [4.69, 9.17) is 16.3 Å². The number of methoxy groups -OCH3 is 1. The Morgan fingerprint density at radius 3 is 2.44 bits per heavy atom. The molecule has 0 saturated heterocycles. The summed E-state index contributed by atoms with van der Waals surface area (Å²) in [5, 5.41) is 2.41. The van der Waals surface area contributed by atoms with E-state index in [9.17, 15) is 22.8 Å². The molecule has 2 heterocycles. The molecule has 0 aliphatic carbocycles. The van der Waals surface area contributed by atoms with Gasteiger partial charge in [0, 0.05) is 11.3 Å². The van der Waals surface area contributed by atoms with E-state index in [1.165, 1.54) is 37.4 Å². The van der Waals surface area contributed by atoms with E-state index in [0.29, 0.717) is 32.5 Å². The number of aryl methyl sites for hydroxylation is 1. The molecule has 176 valence electrons. The lowest BCUT2D eigenvalue weighted by molar-refractivity contribution is -0.117. The average molecular weight is 520 g/mol. The number of anilines is 2. The van der Waals surface area contributed by atoms with E-state index in [-0.39, 0.29) is 16.3 Å². The van der Waals surface area contributed by atoms with E-state index in [2.05, 4.69) is 5.32 Å². The first-order valence-electron chi connectivity index (χ1n) is 9.83. The Bertz CT molecular complexity index is 1400. The number of hydrogen-bond donors (Lipinski definition) is 2. The van der Waals surface area contributed by atoms with Crippen LogP contribution in [0.15, 0.2) is 52.7 Å². The van der Waals surface area contributed by atoms with Crippen LogP contribution in [-0.2, 0) is 21.2 Å². The highest BCUT2D eigenvalue weighted by molar-refractivity contribution is 7.92. The van der Waals surface area contributed by atoms with Crippen LogP contribution >= 0.6 is 22.9 Å². The van der Waals surface area contributed by atoms with Crippen LogP contribution in [0.5, 0.6) is 5.75 Å². The van der Waals surface area contributed by atoms with E-state index in [0.717, 1.165) is 16.2 Å². The zero-order chi connectivity index (χ0) is 24.6. The van der Waals surface area contributed by atoms with Gasteiger partial charge in [0.1, 0.15) is 9.96 Å². The summed E-state index contributed by atoms with van der Waals surface area (Å²) < 4.78 is 32.0. The fourth-order valence-corrected chi connectivity index (χ4v) is 5.99. The minimum Gasteiger partial charge on any atom is -0.497 e. The number of benzene rings is 2. The molecule has 0 bridgehead atoms. The van der Waals surface area contributed by atoms with Gasteiger partial charge in [0.2, 0.25) is 5.91 Å². The second kappa shape index (κ2) is 9.09. The topological polar surface area (TPSA) is 122 Å². The molecule has 0 fully saturated rings. The molecular formula is C22H18ClN3O6S2. The molecule has 9 nitrogen and oxygen atoms in total. The second-order valence-corrected chi connectivity index (χ2v) is 10.9. The van der Waals surface area contributed by atoms with Crippen molar-refractivity contribution >= 4 is 62.2 Å². The number of amides is 4. The number of thiophene rings is 1. The molecule has 4 rings (SSSR count). The van der Waals surface area contributed by atoms with Crippen molar-refractivity contribution < 1.29 is 27.5 Å².